The quantitative estimate of drug-likeness (QED) is 0.496. The molecule has 8 nitrogen and oxygen atoms in total. The molecule has 3 rings (SSSR count). The third-order valence-electron chi connectivity index (χ3n) is 5.43. The van der Waals surface area contributed by atoms with Crippen molar-refractivity contribution in [3.63, 3.8) is 0 Å². The Labute approximate surface area is 208 Å². The molecular formula is C22H23BrF3NO7S. The van der Waals surface area contributed by atoms with Crippen molar-refractivity contribution in [2.45, 2.75) is 35.9 Å². The number of hydrogen-bond donors (Lipinski definition) is 1. The van der Waals surface area contributed by atoms with Crippen molar-refractivity contribution < 1.29 is 45.7 Å². The molecule has 1 amide bonds. The molecule has 192 valence electrons. The van der Waals surface area contributed by atoms with Crippen LogP contribution in [0.2, 0.25) is 0 Å². The summed E-state index contributed by atoms with van der Waals surface area (Å²) < 4.78 is 79.9. The molecule has 0 saturated carbocycles. The van der Waals surface area contributed by atoms with E-state index in [-0.39, 0.29) is 23.3 Å². The topological polar surface area (TPSA) is 102 Å². The first-order valence-electron chi connectivity index (χ1n) is 10.3. The number of halogens is 4. The van der Waals surface area contributed by atoms with Crippen LogP contribution in [0, 0.1) is 0 Å². The zero-order chi connectivity index (χ0) is 26.0. The summed E-state index contributed by atoms with van der Waals surface area (Å²) in [5.41, 5.74) is -0.930. The molecule has 0 aromatic heterocycles. The molecule has 2 aromatic rings. The maximum Gasteiger partial charge on any atom is 0.573 e. The minimum Gasteiger partial charge on any atom is -0.507 e. The zero-order valence-electron chi connectivity index (χ0n) is 18.8. The lowest BCUT2D eigenvalue weighted by atomic mass is 10.1. The van der Waals surface area contributed by atoms with E-state index in [9.17, 15) is 31.5 Å². The van der Waals surface area contributed by atoms with E-state index in [1.165, 1.54) is 31.3 Å². The van der Waals surface area contributed by atoms with Gasteiger partial charge in [0.15, 0.2) is 9.84 Å². The van der Waals surface area contributed by atoms with Crippen LogP contribution in [0.15, 0.2) is 39.7 Å². The van der Waals surface area contributed by atoms with Gasteiger partial charge in [0.05, 0.1) is 31.1 Å². The third-order valence-corrected chi connectivity index (χ3v) is 7.60. The lowest BCUT2D eigenvalue weighted by Gasteiger charge is -2.25. The molecule has 0 unspecified atom stereocenters. The van der Waals surface area contributed by atoms with E-state index in [0.717, 1.165) is 12.1 Å². The van der Waals surface area contributed by atoms with E-state index in [4.69, 9.17) is 9.47 Å². The van der Waals surface area contributed by atoms with Gasteiger partial charge in [-0.3, -0.25) is 4.79 Å². The molecular weight excluding hydrogens is 559 g/mol. The number of methoxy groups -OCH3 is 2. The summed E-state index contributed by atoms with van der Waals surface area (Å²) in [6.07, 6.45) is -3.85. The molecule has 1 N–H and O–H groups in total. The second kappa shape index (κ2) is 10.6. The van der Waals surface area contributed by atoms with Crippen molar-refractivity contribution in [3.05, 3.63) is 45.9 Å². The van der Waals surface area contributed by atoms with Crippen molar-refractivity contribution in [3.8, 4) is 17.2 Å². The Morgan fingerprint density at radius 2 is 1.94 bits per heavy atom. The van der Waals surface area contributed by atoms with Gasteiger partial charge in [0.2, 0.25) is 0 Å². The van der Waals surface area contributed by atoms with Gasteiger partial charge in [0, 0.05) is 23.7 Å². The normalized spacial score (nSPS) is 16.4. The number of alkyl halides is 3. The van der Waals surface area contributed by atoms with Crippen LogP contribution in [0.25, 0.3) is 0 Å². The average Bonchev–Trinajstić information content (AvgIpc) is 3.22. The number of hydrogen-bond acceptors (Lipinski definition) is 7. The van der Waals surface area contributed by atoms with Crippen molar-refractivity contribution in [2.75, 3.05) is 27.4 Å². The molecule has 1 saturated heterocycles. The van der Waals surface area contributed by atoms with Crippen molar-refractivity contribution >= 4 is 31.7 Å². The molecule has 35 heavy (non-hydrogen) atoms. The number of likely N-dealkylation sites (tertiary alicyclic amines) is 1. The van der Waals surface area contributed by atoms with Crippen LogP contribution in [0.5, 0.6) is 17.2 Å². The number of carbonyl (C=O) groups excluding carboxylic acids is 1. The number of phenols is 1. The molecule has 13 heteroatoms. The Balaban J connectivity index is 2.08. The van der Waals surface area contributed by atoms with Crippen molar-refractivity contribution in [1.82, 2.24) is 4.90 Å². The zero-order valence-corrected chi connectivity index (χ0v) is 21.2. The predicted octanol–water partition coefficient (Wildman–Crippen LogP) is 4.29. The Morgan fingerprint density at radius 1 is 1.23 bits per heavy atom. The first-order valence-corrected chi connectivity index (χ1v) is 12.8. The van der Waals surface area contributed by atoms with Gasteiger partial charge < -0.3 is 24.2 Å². The van der Waals surface area contributed by atoms with Gasteiger partial charge in [-0.15, -0.1) is 13.2 Å². The monoisotopic (exact) mass is 581 g/mol. The number of phenolic OH excluding ortho intramolecular Hbond substituents is 1. The fourth-order valence-corrected chi connectivity index (χ4v) is 5.99. The van der Waals surface area contributed by atoms with E-state index in [1.54, 1.807) is 6.07 Å². The van der Waals surface area contributed by atoms with Crippen LogP contribution in [0.4, 0.5) is 13.2 Å². The Hall–Kier alpha value is -2.51. The minimum absolute atomic E-state index is 0.00570. The largest absolute Gasteiger partial charge is 0.573 e. The van der Waals surface area contributed by atoms with E-state index in [2.05, 4.69) is 20.7 Å². The van der Waals surface area contributed by atoms with Crippen LogP contribution in [0.1, 0.15) is 28.8 Å². The number of rotatable bonds is 8. The number of sulfone groups is 1. The molecule has 0 spiro atoms. The predicted molar refractivity (Wildman–Crippen MR) is 122 cm³/mol. The summed E-state index contributed by atoms with van der Waals surface area (Å²) in [5.74, 6) is -3.24. The van der Waals surface area contributed by atoms with Gasteiger partial charge in [-0.25, -0.2) is 8.42 Å². The van der Waals surface area contributed by atoms with Gasteiger partial charge in [0.1, 0.15) is 22.1 Å². The highest BCUT2D eigenvalue weighted by atomic mass is 79.9. The van der Waals surface area contributed by atoms with Crippen LogP contribution in [-0.2, 0) is 20.3 Å². The van der Waals surface area contributed by atoms with Gasteiger partial charge >= 0.3 is 6.36 Å². The summed E-state index contributed by atoms with van der Waals surface area (Å²) in [7, 11) is -1.52. The van der Waals surface area contributed by atoms with Crippen molar-refractivity contribution in [2.24, 2.45) is 0 Å². The van der Waals surface area contributed by atoms with Crippen molar-refractivity contribution in [1.29, 1.82) is 0 Å². The molecule has 2 aromatic carbocycles. The highest BCUT2D eigenvalue weighted by molar-refractivity contribution is 9.10. The molecule has 0 aliphatic carbocycles. The highest BCUT2D eigenvalue weighted by Crippen LogP contribution is 2.37. The molecule has 1 heterocycles. The second-order valence-electron chi connectivity index (χ2n) is 7.83. The average molecular weight is 582 g/mol. The number of aromatic hydroxyl groups is 1. The summed E-state index contributed by atoms with van der Waals surface area (Å²) in [5, 5.41) is 10.8. The van der Waals surface area contributed by atoms with E-state index in [0.29, 0.717) is 23.9 Å². The summed E-state index contributed by atoms with van der Waals surface area (Å²) in [6.45, 7) is 0.509. The molecule has 1 aliphatic heterocycles. The SMILES string of the molecule is COC[C@@H]1CCCN1C(=O)c1cc(OC(F)(F)F)cc(CS(=O)(=O)c2cc(Br)ccc2OC)c1O. The molecule has 1 atom stereocenters. The summed E-state index contributed by atoms with van der Waals surface area (Å²) in [4.78, 5) is 14.3. The first kappa shape index (κ1) is 27.1. The van der Waals surface area contributed by atoms with E-state index >= 15 is 0 Å². The van der Waals surface area contributed by atoms with Crippen LogP contribution >= 0.6 is 15.9 Å². The summed E-state index contributed by atoms with van der Waals surface area (Å²) >= 11 is 3.17. The number of ether oxygens (including phenoxy) is 3. The van der Waals surface area contributed by atoms with Crippen LogP contribution < -0.4 is 9.47 Å². The van der Waals surface area contributed by atoms with E-state index < -0.39 is 50.5 Å². The molecule has 1 aliphatic rings. The Morgan fingerprint density at radius 3 is 2.57 bits per heavy atom. The number of carbonyl (C=O) groups is 1. The third kappa shape index (κ3) is 6.39. The lowest BCUT2D eigenvalue weighted by molar-refractivity contribution is -0.274. The van der Waals surface area contributed by atoms with Gasteiger partial charge in [-0.2, -0.15) is 0 Å². The van der Waals surface area contributed by atoms with Gasteiger partial charge in [-0.05, 0) is 43.2 Å². The maximum absolute atomic E-state index is 13.2. The standard InChI is InChI=1S/C22H23BrF3NO7S/c1-32-11-15-4-3-7-27(15)21(29)17-10-16(34-22(24,25)26)8-13(20(17)28)12-35(30,31)19-9-14(23)5-6-18(19)33-2/h5-6,8-10,15,28H,3-4,7,11-12H2,1-2H3/t15-/m0/s1. The second-order valence-corrected chi connectivity index (χ2v) is 10.7. The molecule has 0 bridgehead atoms. The minimum atomic E-state index is -5.10. The number of benzene rings is 2. The van der Waals surface area contributed by atoms with Gasteiger partial charge in [-0.1, -0.05) is 15.9 Å². The smallest absolute Gasteiger partial charge is 0.507 e. The number of amides is 1. The van der Waals surface area contributed by atoms with Gasteiger partial charge in [0.25, 0.3) is 5.91 Å². The molecule has 1 fully saturated rings. The lowest BCUT2D eigenvalue weighted by Crippen LogP contribution is -2.38. The first-order chi connectivity index (χ1) is 16.4. The van der Waals surface area contributed by atoms with E-state index in [1.807, 2.05) is 0 Å². The van der Waals surface area contributed by atoms with Crippen LogP contribution in [0.3, 0.4) is 0 Å². The van der Waals surface area contributed by atoms with Crippen LogP contribution in [-0.4, -0.2) is 64.1 Å². The molecule has 0 radical (unpaired) electrons. The Kier molecular flexibility index (Phi) is 8.22. The summed E-state index contributed by atoms with van der Waals surface area (Å²) in [6, 6.07) is 5.39. The highest BCUT2D eigenvalue weighted by Gasteiger charge is 2.35. The fourth-order valence-electron chi connectivity index (χ4n) is 3.93. The fraction of sp³-hybridized carbons (Fsp3) is 0.409. The maximum atomic E-state index is 13.2. The number of nitrogens with zero attached hydrogens (tertiary/aromatic N) is 1. The Bertz CT molecular complexity index is 1200.